The van der Waals surface area contributed by atoms with E-state index in [1.807, 2.05) is 37.3 Å². The molecule has 0 amide bonds. The molecule has 2 aliphatic carbocycles. The van der Waals surface area contributed by atoms with Crippen LogP contribution in [0.3, 0.4) is 0 Å². The van der Waals surface area contributed by atoms with E-state index in [0.717, 1.165) is 34.1 Å². The number of rotatable bonds is 2. The Morgan fingerprint density at radius 1 is 1.03 bits per heavy atom. The first-order chi connectivity index (χ1) is 17.1. The molecular formula is C29H21FN4O. The van der Waals surface area contributed by atoms with Gasteiger partial charge in [0.05, 0.1) is 22.5 Å². The summed E-state index contributed by atoms with van der Waals surface area (Å²) in [7, 11) is 0. The van der Waals surface area contributed by atoms with Gasteiger partial charge in [-0.05, 0) is 43.0 Å². The third-order valence-corrected chi connectivity index (χ3v) is 7.35. The number of allylic oxidation sites excluding steroid dienone is 2. The number of carbonyl (C=O) groups excluding carboxylic acids is 1. The summed E-state index contributed by atoms with van der Waals surface area (Å²) in [4.78, 5) is 27.1. The van der Waals surface area contributed by atoms with Gasteiger partial charge < -0.3 is 0 Å². The molecule has 0 fully saturated rings. The number of hydrogen-bond acceptors (Lipinski definition) is 5. The second kappa shape index (κ2) is 8.21. The van der Waals surface area contributed by atoms with E-state index in [1.54, 1.807) is 30.5 Å². The molecule has 0 spiro atoms. The van der Waals surface area contributed by atoms with Crippen LogP contribution in [0.2, 0.25) is 0 Å². The highest BCUT2D eigenvalue weighted by Crippen LogP contribution is 2.47. The molecule has 2 aromatic carbocycles. The second-order valence-corrected chi connectivity index (χ2v) is 9.19. The third kappa shape index (κ3) is 3.35. The number of para-hydroxylation sites is 1. The monoisotopic (exact) mass is 460 g/mol. The molecule has 2 aromatic heterocycles. The summed E-state index contributed by atoms with van der Waals surface area (Å²) in [6, 6.07) is 18.4. The molecule has 0 aliphatic heterocycles. The lowest BCUT2D eigenvalue weighted by atomic mass is 9.66. The second-order valence-electron chi connectivity index (χ2n) is 9.19. The molecule has 0 N–H and O–H groups in total. The maximum Gasteiger partial charge on any atom is 0.176 e. The first-order valence-electron chi connectivity index (χ1n) is 11.7. The molecule has 6 heteroatoms. The molecule has 35 heavy (non-hydrogen) atoms. The highest BCUT2D eigenvalue weighted by atomic mass is 19.1. The first-order valence-corrected chi connectivity index (χ1v) is 11.7. The smallest absolute Gasteiger partial charge is 0.176 e. The summed E-state index contributed by atoms with van der Waals surface area (Å²) in [5.74, 6) is -0.413. The van der Waals surface area contributed by atoms with E-state index < -0.39 is 0 Å². The summed E-state index contributed by atoms with van der Waals surface area (Å²) in [6.07, 6.45) is 4.88. The summed E-state index contributed by atoms with van der Waals surface area (Å²) in [5.41, 5.74) is 4.45. The van der Waals surface area contributed by atoms with Crippen molar-refractivity contribution in [1.82, 2.24) is 15.0 Å². The van der Waals surface area contributed by atoms with Crippen molar-refractivity contribution >= 4 is 16.7 Å². The minimum atomic E-state index is -0.346. The van der Waals surface area contributed by atoms with Crippen LogP contribution < -0.4 is 0 Å². The van der Waals surface area contributed by atoms with E-state index in [4.69, 9.17) is 9.97 Å². The van der Waals surface area contributed by atoms with E-state index in [9.17, 15) is 10.1 Å². The molecule has 170 valence electrons. The van der Waals surface area contributed by atoms with E-state index >= 15 is 4.39 Å². The minimum absolute atomic E-state index is 0.0394. The van der Waals surface area contributed by atoms with Gasteiger partial charge >= 0.3 is 0 Å². The Hall–Kier alpha value is -4.24. The number of aromatic nitrogens is 3. The van der Waals surface area contributed by atoms with Crippen LogP contribution in [-0.2, 0) is 11.2 Å². The van der Waals surface area contributed by atoms with Gasteiger partial charge in [-0.15, -0.1) is 0 Å². The number of nitrogens with zero attached hydrogens (tertiary/aromatic N) is 4. The van der Waals surface area contributed by atoms with E-state index in [1.165, 1.54) is 6.07 Å². The van der Waals surface area contributed by atoms with Crippen molar-refractivity contribution in [3.8, 4) is 28.7 Å². The quantitative estimate of drug-likeness (QED) is 0.377. The zero-order chi connectivity index (χ0) is 24.1. The van der Waals surface area contributed by atoms with Crippen molar-refractivity contribution in [2.45, 2.75) is 25.7 Å². The number of benzene rings is 2. The van der Waals surface area contributed by atoms with Gasteiger partial charge in [0, 0.05) is 40.1 Å². The fourth-order valence-electron chi connectivity index (χ4n) is 5.56. The number of pyridine rings is 1. The fraction of sp³-hybridized carbons (Fsp3) is 0.207. The molecule has 0 saturated carbocycles. The van der Waals surface area contributed by atoms with Crippen LogP contribution in [0, 0.1) is 29.0 Å². The fourth-order valence-corrected chi connectivity index (χ4v) is 5.56. The Morgan fingerprint density at radius 2 is 1.83 bits per heavy atom. The van der Waals surface area contributed by atoms with Crippen LogP contribution in [0.4, 0.5) is 4.39 Å². The average Bonchev–Trinajstić information content (AvgIpc) is 2.90. The van der Waals surface area contributed by atoms with Crippen molar-refractivity contribution in [3.63, 3.8) is 0 Å². The van der Waals surface area contributed by atoms with Crippen LogP contribution in [0.25, 0.3) is 33.5 Å². The normalized spacial score (nSPS) is 21.1. The van der Waals surface area contributed by atoms with Gasteiger partial charge in [0.25, 0.3) is 0 Å². The van der Waals surface area contributed by atoms with Gasteiger partial charge in [0.15, 0.2) is 11.6 Å². The van der Waals surface area contributed by atoms with E-state index in [0.29, 0.717) is 23.5 Å². The van der Waals surface area contributed by atoms with Gasteiger partial charge in [-0.3, -0.25) is 9.78 Å². The topological polar surface area (TPSA) is 79.5 Å². The molecule has 0 radical (unpaired) electrons. The number of halogens is 1. The number of fused-ring (bicyclic) bond motifs is 4. The molecule has 3 atom stereocenters. The number of nitriles is 1. The zero-order valence-corrected chi connectivity index (χ0v) is 19.1. The Labute approximate surface area is 202 Å². The minimum Gasteiger partial charge on any atom is -0.293 e. The molecule has 2 heterocycles. The third-order valence-electron chi connectivity index (χ3n) is 7.35. The van der Waals surface area contributed by atoms with Crippen molar-refractivity contribution in [3.05, 3.63) is 89.5 Å². The molecular weight excluding hydrogens is 439 g/mol. The molecule has 0 saturated heterocycles. The SMILES string of the molecule is CC1C(=O)C(C#N)=CC2c3nc(-c4ccnc5ccccc45)nc(-c4ccccc4F)c3CCC12. The number of Topliss-reactive ketones (excluding diaryl/α,β-unsaturated/α-hetero) is 1. The van der Waals surface area contributed by atoms with E-state index in [2.05, 4.69) is 11.1 Å². The summed E-state index contributed by atoms with van der Waals surface area (Å²) >= 11 is 0. The molecule has 3 unspecified atom stereocenters. The molecule has 5 nitrogen and oxygen atoms in total. The number of ketones is 1. The Bertz CT molecular complexity index is 1580. The van der Waals surface area contributed by atoms with Crippen molar-refractivity contribution in [2.75, 3.05) is 0 Å². The lowest BCUT2D eigenvalue weighted by molar-refractivity contribution is -0.120. The Balaban J connectivity index is 1.66. The van der Waals surface area contributed by atoms with Crippen LogP contribution >= 0.6 is 0 Å². The largest absolute Gasteiger partial charge is 0.293 e. The predicted molar refractivity (Wildman–Crippen MR) is 131 cm³/mol. The molecule has 0 bridgehead atoms. The van der Waals surface area contributed by atoms with Crippen molar-refractivity contribution in [1.29, 1.82) is 5.26 Å². The van der Waals surface area contributed by atoms with Crippen molar-refractivity contribution in [2.24, 2.45) is 11.8 Å². The average molecular weight is 461 g/mol. The Morgan fingerprint density at radius 3 is 2.66 bits per heavy atom. The lowest BCUT2D eigenvalue weighted by Crippen LogP contribution is -2.35. The van der Waals surface area contributed by atoms with Gasteiger partial charge in [0.2, 0.25) is 0 Å². The molecule has 6 rings (SSSR count). The maximum atomic E-state index is 15.0. The summed E-state index contributed by atoms with van der Waals surface area (Å²) < 4.78 is 15.0. The summed E-state index contributed by atoms with van der Waals surface area (Å²) in [6.45, 7) is 1.89. The highest BCUT2D eigenvalue weighted by molar-refractivity contribution is 6.02. The standard InChI is InChI=1S/C29H21FN4O/c1-16-18-10-11-22-26(21-7-2-4-8-24(21)30)33-29(20-12-13-32-25-9-5-3-6-19(20)25)34-27(22)23(18)14-17(15-31)28(16)35/h2-9,12-14,16,18,23H,10-11H2,1H3. The van der Waals surface area contributed by atoms with E-state index in [-0.39, 0.29) is 34.9 Å². The van der Waals surface area contributed by atoms with Crippen LogP contribution in [0.5, 0.6) is 0 Å². The first kappa shape index (κ1) is 21.3. The molecule has 2 aliphatic rings. The van der Waals surface area contributed by atoms with Gasteiger partial charge in [-0.1, -0.05) is 43.3 Å². The van der Waals surface area contributed by atoms with Gasteiger partial charge in [-0.25, -0.2) is 14.4 Å². The van der Waals surface area contributed by atoms with Gasteiger partial charge in [-0.2, -0.15) is 5.26 Å². The van der Waals surface area contributed by atoms with Gasteiger partial charge in [0.1, 0.15) is 11.9 Å². The Kier molecular flexibility index (Phi) is 5.00. The van der Waals surface area contributed by atoms with Crippen molar-refractivity contribution < 1.29 is 9.18 Å². The zero-order valence-electron chi connectivity index (χ0n) is 19.1. The predicted octanol–water partition coefficient (Wildman–Crippen LogP) is 5.81. The highest BCUT2D eigenvalue weighted by Gasteiger charge is 2.42. The van der Waals surface area contributed by atoms with Crippen LogP contribution in [0.15, 0.2) is 72.4 Å². The van der Waals surface area contributed by atoms with Crippen LogP contribution in [-0.4, -0.2) is 20.7 Å². The lowest BCUT2D eigenvalue weighted by Gasteiger charge is -2.38. The van der Waals surface area contributed by atoms with Crippen LogP contribution in [0.1, 0.15) is 30.5 Å². The summed E-state index contributed by atoms with van der Waals surface area (Å²) in [5, 5.41) is 10.5. The molecule has 4 aromatic rings. The number of hydrogen-bond donors (Lipinski definition) is 0. The maximum absolute atomic E-state index is 15.0. The number of carbonyl (C=O) groups is 1.